The lowest BCUT2D eigenvalue weighted by Crippen LogP contribution is -2.35. The minimum Gasteiger partial charge on any atom is -0.374 e. The maximum Gasteiger partial charge on any atom is 0.255 e. The quantitative estimate of drug-likeness (QED) is 0.331. The molecule has 1 unspecified atom stereocenters. The van der Waals surface area contributed by atoms with E-state index in [1.54, 1.807) is 12.1 Å². The molecule has 3 aliphatic rings. The first-order chi connectivity index (χ1) is 21.9. The maximum atomic E-state index is 13.5. The number of Topliss-reactive ketones (excluding diaryl/α,β-unsaturated/α-hetero) is 1. The van der Waals surface area contributed by atoms with Crippen LogP contribution in [0.25, 0.3) is 0 Å². The number of amides is 2. The van der Waals surface area contributed by atoms with Crippen molar-refractivity contribution in [2.45, 2.75) is 72.6 Å². The van der Waals surface area contributed by atoms with Gasteiger partial charge in [0, 0.05) is 60.8 Å². The van der Waals surface area contributed by atoms with Crippen molar-refractivity contribution < 1.29 is 14.4 Å². The number of allylic oxidation sites excluding steroid dienone is 4. The van der Waals surface area contributed by atoms with Gasteiger partial charge in [0.05, 0.1) is 5.70 Å². The lowest BCUT2D eigenvalue weighted by atomic mass is 9.77. The maximum absolute atomic E-state index is 13.5. The third-order valence-corrected chi connectivity index (χ3v) is 9.47. The molecule has 0 radical (unpaired) electrons. The van der Waals surface area contributed by atoms with E-state index in [9.17, 15) is 14.4 Å². The van der Waals surface area contributed by atoms with E-state index >= 15 is 0 Å². The number of carbonyl (C=O) groups excluding carboxylic acids is 3. The van der Waals surface area contributed by atoms with Crippen LogP contribution in [0.1, 0.15) is 93.5 Å². The minimum atomic E-state index is -0.357. The fraction of sp³-hybridized carbons (Fsp3) is 0.421. The number of carbonyl (C=O) groups is 3. The fourth-order valence-corrected chi connectivity index (χ4v) is 6.47. The number of benzene rings is 2. The minimum absolute atomic E-state index is 0.000561. The number of aliphatic imine (C=N–C) groups is 1. The van der Waals surface area contributed by atoms with Crippen LogP contribution in [0, 0.1) is 5.92 Å². The van der Waals surface area contributed by atoms with Crippen LogP contribution in [0.2, 0.25) is 0 Å². The Kier molecular flexibility index (Phi) is 9.66. The number of hydrogen-bond acceptors (Lipinski definition) is 6. The van der Waals surface area contributed by atoms with Gasteiger partial charge in [-0.3, -0.25) is 14.4 Å². The van der Waals surface area contributed by atoms with Crippen LogP contribution in [-0.4, -0.2) is 55.0 Å². The van der Waals surface area contributed by atoms with Gasteiger partial charge < -0.3 is 20.4 Å². The highest BCUT2D eigenvalue weighted by Crippen LogP contribution is 2.39. The molecule has 0 fully saturated rings. The molecule has 46 heavy (non-hydrogen) atoms. The summed E-state index contributed by atoms with van der Waals surface area (Å²) in [5.41, 5.74) is 7.86. The van der Waals surface area contributed by atoms with Crippen molar-refractivity contribution in [1.82, 2.24) is 10.2 Å². The fourth-order valence-electron chi connectivity index (χ4n) is 6.47. The number of rotatable bonds is 8. The summed E-state index contributed by atoms with van der Waals surface area (Å²) in [6, 6.07) is 13.2. The molecule has 2 aliphatic heterocycles. The van der Waals surface area contributed by atoms with Gasteiger partial charge in [-0.2, -0.15) is 0 Å². The van der Waals surface area contributed by atoms with Gasteiger partial charge in [0.2, 0.25) is 5.78 Å². The van der Waals surface area contributed by atoms with Crippen molar-refractivity contribution in [3.63, 3.8) is 0 Å². The van der Waals surface area contributed by atoms with Gasteiger partial charge in [0.1, 0.15) is 0 Å². The van der Waals surface area contributed by atoms with E-state index in [0.717, 1.165) is 60.5 Å². The molecule has 8 heteroatoms. The number of nitrogens with zero attached hydrogens (tertiary/aromatic N) is 3. The number of anilines is 2. The molecule has 8 nitrogen and oxygen atoms in total. The second kappa shape index (κ2) is 13.5. The van der Waals surface area contributed by atoms with E-state index in [2.05, 4.69) is 55.5 Å². The lowest BCUT2D eigenvalue weighted by Gasteiger charge is -2.38. The molecule has 1 aliphatic carbocycles. The second-order valence-electron chi connectivity index (χ2n) is 13.3. The molecule has 0 aromatic heterocycles. The molecule has 0 saturated carbocycles. The Morgan fingerprint density at radius 2 is 1.80 bits per heavy atom. The van der Waals surface area contributed by atoms with Crippen LogP contribution < -0.4 is 15.5 Å². The normalized spacial score (nSPS) is 19.1. The number of ketones is 1. The molecule has 0 spiro atoms. The summed E-state index contributed by atoms with van der Waals surface area (Å²) in [6.07, 6.45) is 7.46. The molecule has 2 heterocycles. The lowest BCUT2D eigenvalue weighted by molar-refractivity contribution is -0.114. The predicted octanol–water partition coefficient (Wildman–Crippen LogP) is 7.01. The predicted molar refractivity (Wildman–Crippen MR) is 186 cm³/mol. The van der Waals surface area contributed by atoms with Gasteiger partial charge in [-0.25, -0.2) is 4.99 Å². The summed E-state index contributed by atoms with van der Waals surface area (Å²) in [5, 5.41) is 6.36. The van der Waals surface area contributed by atoms with Crippen molar-refractivity contribution in [3.05, 3.63) is 93.8 Å². The van der Waals surface area contributed by atoms with Crippen LogP contribution in [0.5, 0.6) is 0 Å². The average molecular weight is 622 g/mol. The van der Waals surface area contributed by atoms with Gasteiger partial charge >= 0.3 is 0 Å². The smallest absolute Gasteiger partial charge is 0.255 e. The third kappa shape index (κ3) is 6.71. The molecule has 242 valence electrons. The van der Waals surface area contributed by atoms with E-state index in [4.69, 9.17) is 4.99 Å². The first-order valence-electron chi connectivity index (χ1n) is 16.5. The van der Waals surface area contributed by atoms with E-state index < -0.39 is 0 Å². The second-order valence-corrected chi connectivity index (χ2v) is 13.3. The van der Waals surface area contributed by atoms with E-state index in [1.165, 1.54) is 5.56 Å². The summed E-state index contributed by atoms with van der Waals surface area (Å²) in [5.74, 6) is -0.324. The summed E-state index contributed by atoms with van der Waals surface area (Å²) in [6.45, 7) is 14.8. The SMILES string of the molecule is CCCN(CC)C(=O)c1ccc(NC2=NC(C3=C(C)C(NC(=O)c4ccc5c(c4)N(C)CCC5(C)C)=CCC3)=CC(C)C2=O)cc1. The first-order valence-corrected chi connectivity index (χ1v) is 16.5. The van der Waals surface area contributed by atoms with Gasteiger partial charge in [-0.15, -0.1) is 0 Å². The molecule has 2 N–H and O–H groups in total. The molecule has 2 amide bonds. The number of hydrogen-bond donors (Lipinski definition) is 2. The van der Waals surface area contributed by atoms with E-state index in [-0.39, 0.29) is 34.8 Å². The summed E-state index contributed by atoms with van der Waals surface area (Å²) in [7, 11) is 2.08. The van der Waals surface area contributed by atoms with Crippen molar-refractivity contribution >= 4 is 34.8 Å². The number of amidine groups is 1. The summed E-state index contributed by atoms with van der Waals surface area (Å²) in [4.78, 5) is 48.3. The number of nitrogens with one attached hydrogen (secondary N) is 2. The van der Waals surface area contributed by atoms with E-state index in [0.29, 0.717) is 29.9 Å². The number of fused-ring (bicyclic) bond motifs is 1. The Balaban J connectivity index is 1.33. The van der Waals surface area contributed by atoms with Crippen LogP contribution in [0.4, 0.5) is 11.4 Å². The highest BCUT2D eigenvalue weighted by Gasteiger charge is 2.31. The van der Waals surface area contributed by atoms with Gasteiger partial charge in [0.15, 0.2) is 5.84 Å². The Labute approximate surface area is 273 Å². The van der Waals surface area contributed by atoms with Gasteiger partial charge in [-0.1, -0.05) is 39.8 Å². The standard InChI is InChI=1S/C38H47N5O3/c1-8-20-43(9-2)37(46)26-13-16-28(17-14-26)39-35-34(44)24(3)22-32(40-35)29-11-10-12-31(25(29)4)41-36(45)27-15-18-30-33(23-27)42(7)21-19-38(30,5)6/h12-18,22-24H,8-11,19-21H2,1-7H3,(H,39,40)(H,41,45). The van der Waals surface area contributed by atoms with Crippen LogP contribution in [0.3, 0.4) is 0 Å². The molecule has 5 rings (SSSR count). The van der Waals surface area contributed by atoms with Crippen molar-refractivity contribution in [2.75, 3.05) is 36.9 Å². The Morgan fingerprint density at radius 1 is 1.09 bits per heavy atom. The average Bonchev–Trinajstić information content (AvgIpc) is 3.04. The zero-order chi connectivity index (χ0) is 33.2. The van der Waals surface area contributed by atoms with Crippen LogP contribution >= 0.6 is 0 Å². The Morgan fingerprint density at radius 3 is 2.50 bits per heavy atom. The molecule has 1 atom stereocenters. The summed E-state index contributed by atoms with van der Waals surface area (Å²) >= 11 is 0. The topological polar surface area (TPSA) is 94.1 Å². The highest BCUT2D eigenvalue weighted by molar-refractivity contribution is 6.45. The monoisotopic (exact) mass is 621 g/mol. The van der Waals surface area contributed by atoms with Crippen molar-refractivity contribution in [1.29, 1.82) is 0 Å². The molecular formula is C38H47N5O3. The van der Waals surface area contributed by atoms with Crippen LogP contribution in [0.15, 0.2) is 82.1 Å². The summed E-state index contributed by atoms with van der Waals surface area (Å²) < 4.78 is 0. The van der Waals surface area contributed by atoms with Gasteiger partial charge in [-0.05, 0) is 104 Å². The largest absolute Gasteiger partial charge is 0.374 e. The third-order valence-electron chi connectivity index (χ3n) is 9.47. The zero-order valence-electron chi connectivity index (χ0n) is 28.3. The molecule has 0 bridgehead atoms. The van der Waals surface area contributed by atoms with Crippen molar-refractivity contribution in [3.8, 4) is 0 Å². The molecule has 2 aromatic carbocycles. The van der Waals surface area contributed by atoms with Crippen LogP contribution in [-0.2, 0) is 10.2 Å². The highest BCUT2D eigenvalue weighted by atomic mass is 16.2. The van der Waals surface area contributed by atoms with Crippen molar-refractivity contribution in [2.24, 2.45) is 10.9 Å². The zero-order valence-corrected chi connectivity index (χ0v) is 28.3. The van der Waals surface area contributed by atoms with Gasteiger partial charge in [0.25, 0.3) is 11.8 Å². The molecule has 0 saturated heterocycles. The molecular weight excluding hydrogens is 574 g/mol. The Bertz CT molecular complexity index is 1660. The first kappa shape index (κ1) is 32.9. The Hall–Kier alpha value is -4.46. The molecule has 2 aromatic rings. The van der Waals surface area contributed by atoms with E-state index in [1.807, 2.05) is 56.0 Å².